The maximum Gasteiger partial charge on any atom is 0.134 e. The Morgan fingerprint density at radius 1 is 1.21 bits per heavy atom. The third kappa shape index (κ3) is 4.70. The Balaban J connectivity index is 1.57. The molecule has 2 heterocycles. The lowest BCUT2D eigenvalue weighted by Gasteiger charge is -2.40. The highest BCUT2D eigenvalue weighted by molar-refractivity contribution is 5.21. The fourth-order valence-electron chi connectivity index (χ4n) is 3.68. The van der Waals surface area contributed by atoms with E-state index in [-0.39, 0.29) is 6.61 Å². The molecule has 1 aromatic carbocycles. The zero-order chi connectivity index (χ0) is 16.8. The van der Waals surface area contributed by atoms with E-state index in [0.717, 1.165) is 31.9 Å². The summed E-state index contributed by atoms with van der Waals surface area (Å²) in [5, 5.41) is 11.0. The summed E-state index contributed by atoms with van der Waals surface area (Å²) in [5.41, 5.74) is -0.950. The summed E-state index contributed by atoms with van der Waals surface area (Å²) >= 11 is 0. The number of aliphatic hydroxyl groups is 1. The first-order valence-electron chi connectivity index (χ1n) is 9.13. The number of rotatable bonds is 5. The lowest BCUT2D eigenvalue weighted by molar-refractivity contribution is -0.0689. The zero-order valence-corrected chi connectivity index (χ0v) is 14.7. The van der Waals surface area contributed by atoms with Crippen LogP contribution in [0.1, 0.15) is 19.8 Å². The predicted molar refractivity (Wildman–Crippen MR) is 94.4 cm³/mol. The summed E-state index contributed by atoms with van der Waals surface area (Å²) in [6, 6.07) is 10.2. The number of likely N-dealkylation sites (tertiary alicyclic amines) is 1. The van der Waals surface area contributed by atoms with Crippen molar-refractivity contribution in [2.24, 2.45) is 0 Å². The number of para-hydroxylation sites is 1. The standard InChI is InChI=1S/C19H30N2O3/c1-2-20-10-8-17(9-11-20)21-12-13-23-15-19(22,14-21)16-24-18-6-4-3-5-7-18/h3-7,17,22H,2,8-16H2,1H3/t19-/m0/s1. The van der Waals surface area contributed by atoms with Gasteiger partial charge in [0.25, 0.3) is 0 Å². The summed E-state index contributed by atoms with van der Waals surface area (Å²) in [6.45, 7) is 8.45. The molecule has 2 aliphatic rings. The molecule has 0 spiro atoms. The summed E-state index contributed by atoms with van der Waals surface area (Å²) < 4.78 is 11.5. The van der Waals surface area contributed by atoms with E-state index in [4.69, 9.17) is 9.47 Å². The van der Waals surface area contributed by atoms with E-state index in [1.807, 2.05) is 30.3 Å². The number of hydrogen-bond donors (Lipinski definition) is 1. The van der Waals surface area contributed by atoms with Crippen molar-refractivity contribution in [2.75, 3.05) is 52.5 Å². The molecule has 1 atom stereocenters. The van der Waals surface area contributed by atoms with E-state index in [2.05, 4.69) is 16.7 Å². The van der Waals surface area contributed by atoms with E-state index in [0.29, 0.717) is 25.8 Å². The van der Waals surface area contributed by atoms with Crippen molar-refractivity contribution >= 4 is 0 Å². The number of ether oxygens (including phenoxy) is 2. The van der Waals surface area contributed by atoms with Crippen LogP contribution in [0.25, 0.3) is 0 Å². The number of nitrogens with zero attached hydrogens (tertiary/aromatic N) is 2. The Kier molecular flexibility index (Phi) is 6.11. The Morgan fingerprint density at radius 3 is 2.67 bits per heavy atom. The minimum absolute atomic E-state index is 0.265. The lowest BCUT2D eigenvalue weighted by atomic mass is 9.99. The Morgan fingerprint density at radius 2 is 1.96 bits per heavy atom. The Labute approximate surface area is 145 Å². The second kappa shape index (κ2) is 8.30. The molecule has 1 N–H and O–H groups in total. The van der Waals surface area contributed by atoms with Crippen LogP contribution in [0.3, 0.4) is 0 Å². The number of hydrogen-bond acceptors (Lipinski definition) is 5. The largest absolute Gasteiger partial charge is 0.490 e. The summed E-state index contributed by atoms with van der Waals surface area (Å²) in [5.74, 6) is 0.790. The summed E-state index contributed by atoms with van der Waals surface area (Å²) in [6.07, 6.45) is 2.34. The van der Waals surface area contributed by atoms with Gasteiger partial charge in [0.05, 0.1) is 13.2 Å². The molecule has 2 fully saturated rings. The molecule has 1 aromatic rings. The van der Waals surface area contributed by atoms with Crippen LogP contribution >= 0.6 is 0 Å². The van der Waals surface area contributed by atoms with Crippen molar-refractivity contribution in [1.29, 1.82) is 0 Å². The highest BCUT2D eigenvalue weighted by Crippen LogP contribution is 2.22. The van der Waals surface area contributed by atoms with Crippen molar-refractivity contribution in [2.45, 2.75) is 31.4 Å². The average Bonchev–Trinajstić information content (AvgIpc) is 2.83. The summed E-state index contributed by atoms with van der Waals surface area (Å²) in [7, 11) is 0. The van der Waals surface area contributed by atoms with Crippen LogP contribution in [0.4, 0.5) is 0 Å². The maximum absolute atomic E-state index is 11.0. The predicted octanol–water partition coefficient (Wildman–Crippen LogP) is 1.61. The van der Waals surface area contributed by atoms with Gasteiger partial charge in [-0.2, -0.15) is 0 Å². The normalized spacial score (nSPS) is 27.8. The van der Waals surface area contributed by atoms with E-state index in [1.165, 1.54) is 12.8 Å². The van der Waals surface area contributed by atoms with Crippen LogP contribution in [0.15, 0.2) is 30.3 Å². The molecule has 0 aliphatic carbocycles. The van der Waals surface area contributed by atoms with Gasteiger partial charge in [-0.15, -0.1) is 0 Å². The SMILES string of the molecule is CCN1CCC(N2CCOC[C@](O)(COc3ccccc3)C2)CC1. The first-order chi connectivity index (χ1) is 11.7. The summed E-state index contributed by atoms with van der Waals surface area (Å²) in [4.78, 5) is 4.91. The molecule has 0 aromatic heterocycles. The average molecular weight is 334 g/mol. The van der Waals surface area contributed by atoms with Gasteiger partial charge in [0, 0.05) is 19.1 Å². The molecule has 2 saturated heterocycles. The smallest absolute Gasteiger partial charge is 0.134 e. The zero-order valence-electron chi connectivity index (χ0n) is 14.7. The van der Waals surface area contributed by atoms with Crippen LogP contribution in [-0.4, -0.2) is 79.1 Å². The first-order valence-corrected chi connectivity index (χ1v) is 9.13. The van der Waals surface area contributed by atoms with Crippen LogP contribution < -0.4 is 4.74 Å². The Bertz CT molecular complexity index is 491. The third-order valence-corrected chi connectivity index (χ3v) is 5.16. The van der Waals surface area contributed by atoms with Crippen LogP contribution in [-0.2, 0) is 4.74 Å². The van der Waals surface area contributed by atoms with E-state index in [9.17, 15) is 5.11 Å². The van der Waals surface area contributed by atoms with Gasteiger partial charge in [-0.1, -0.05) is 25.1 Å². The number of benzene rings is 1. The number of β-amino-alcohol motifs (C(OH)–C–C–N with tert-alkyl or cyclic N) is 1. The topological polar surface area (TPSA) is 45.2 Å². The van der Waals surface area contributed by atoms with Crippen molar-refractivity contribution in [3.63, 3.8) is 0 Å². The molecular weight excluding hydrogens is 304 g/mol. The second-order valence-electron chi connectivity index (χ2n) is 7.01. The van der Waals surface area contributed by atoms with Gasteiger partial charge < -0.3 is 19.5 Å². The van der Waals surface area contributed by atoms with E-state index in [1.54, 1.807) is 0 Å². The van der Waals surface area contributed by atoms with Gasteiger partial charge >= 0.3 is 0 Å². The molecule has 5 nitrogen and oxygen atoms in total. The third-order valence-electron chi connectivity index (χ3n) is 5.16. The van der Waals surface area contributed by atoms with Gasteiger partial charge in [-0.3, -0.25) is 4.90 Å². The van der Waals surface area contributed by atoms with E-state index >= 15 is 0 Å². The maximum atomic E-state index is 11.0. The van der Waals surface area contributed by atoms with E-state index < -0.39 is 5.60 Å². The van der Waals surface area contributed by atoms with Gasteiger partial charge in [-0.05, 0) is 44.6 Å². The van der Waals surface area contributed by atoms with Crippen molar-refractivity contribution in [3.05, 3.63) is 30.3 Å². The fraction of sp³-hybridized carbons (Fsp3) is 0.684. The molecule has 5 heteroatoms. The van der Waals surface area contributed by atoms with Gasteiger partial charge in [0.1, 0.15) is 18.0 Å². The Hall–Kier alpha value is -1.14. The molecule has 2 aliphatic heterocycles. The highest BCUT2D eigenvalue weighted by atomic mass is 16.5. The minimum Gasteiger partial charge on any atom is -0.490 e. The molecule has 0 amide bonds. The lowest BCUT2D eigenvalue weighted by Crippen LogP contribution is -2.53. The van der Waals surface area contributed by atoms with Gasteiger partial charge in [-0.25, -0.2) is 0 Å². The van der Waals surface area contributed by atoms with Gasteiger partial charge in [0.2, 0.25) is 0 Å². The first kappa shape index (κ1) is 17.7. The molecule has 3 rings (SSSR count). The molecular formula is C19H30N2O3. The van der Waals surface area contributed by atoms with Crippen LogP contribution in [0.2, 0.25) is 0 Å². The second-order valence-corrected chi connectivity index (χ2v) is 7.01. The number of piperidine rings is 1. The van der Waals surface area contributed by atoms with Crippen molar-refractivity contribution in [3.8, 4) is 5.75 Å². The molecule has 0 bridgehead atoms. The monoisotopic (exact) mass is 334 g/mol. The van der Waals surface area contributed by atoms with Crippen LogP contribution in [0.5, 0.6) is 5.75 Å². The molecule has 0 saturated carbocycles. The quantitative estimate of drug-likeness (QED) is 0.886. The molecule has 134 valence electrons. The molecule has 0 unspecified atom stereocenters. The van der Waals surface area contributed by atoms with Crippen LogP contribution in [0, 0.1) is 0 Å². The van der Waals surface area contributed by atoms with Crippen molar-refractivity contribution in [1.82, 2.24) is 9.80 Å². The minimum atomic E-state index is -0.950. The van der Waals surface area contributed by atoms with Crippen molar-refractivity contribution < 1.29 is 14.6 Å². The molecule has 24 heavy (non-hydrogen) atoms. The fourth-order valence-corrected chi connectivity index (χ4v) is 3.68. The van der Waals surface area contributed by atoms with Gasteiger partial charge in [0.15, 0.2) is 0 Å². The highest BCUT2D eigenvalue weighted by Gasteiger charge is 2.36. The molecule has 0 radical (unpaired) electrons.